The van der Waals surface area contributed by atoms with Crippen molar-refractivity contribution in [1.29, 1.82) is 0 Å². The Bertz CT molecular complexity index is 422. The molecule has 1 nitrogen and oxygen atoms in total. The van der Waals surface area contributed by atoms with E-state index in [2.05, 4.69) is 25.7 Å². The lowest BCUT2D eigenvalue weighted by molar-refractivity contribution is -0.149. The SMILES string of the molecule is CC#CCCC(N)CC12CC3CC(C)(CC(C)(C3)C1)C2. The highest BCUT2D eigenvalue weighted by molar-refractivity contribution is 5.11. The highest BCUT2D eigenvalue weighted by atomic mass is 14.7. The molecule has 0 aromatic heterocycles. The molecule has 112 valence electrons. The first-order chi connectivity index (χ1) is 9.36. The number of nitrogens with two attached hydrogens (primary N) is 1. The molecule has 4 aliphatic rings. The molecule has 0 amide bonds. The number of hydrogen-bond donors (Lipinski definition) is 1. The van der Waals surface area contributed by atoms with Crippen molar-refractivity contribution in [2.75, 3.05) is 0 Å². The molecule has 3 unspecified atom stereocenters. The van der Waals surface area contributed by atoms with Gasteiger partial charge in [-0.2, -0.15) is 0 Å². The fourth-order valence-electron chi connectivity index (χ4n) is 6.95. The van der Waals surface area contributed by atoms with E-state index in [9.17, 15) is 0 Å². The van der Waals surface area contributed by atoms with Gasteiger partial charge < -0.3 is 5.73 Å². The summed E-state index contributed by atoms with van der Waals surface area (Å²) in [5, 5.41) is 0. The van der Waals surface area contributed by atoms with E-state index in [4.69, 9.17) is 5.73 Å². The summed E-state index contributed by atoms with van der Waals surface area (Å²) in [5.41, 5.74) is 8.27. The molecule has 4 bridgehead atoms. The summed E-state index contributed by atoms with van der Waals surface area (Å²) in [6.45, 7) is 7.03. The molecule has 4 saturated carbocycles. The van der Waals surface area contributed by atoms with Crippen LogP contribution in [-0.2, 0) is 0 Å². The zero-order chi connectivity index (χ0) is 14.4. The molecule has 0 radical (unpaired) electrons. The van der Waals surface area contributed by atoms with Crippen LogP contribution in [0.5, 0.6) is 0 Å². The van der Waals surface area contributed by atoms with Crippen molar-refractivity contribution >= 4 is 0 Å². The summed E-state index contributed by atoms with van der Waals surface area (Å²) in [4.78, 5) is 0. The van der Waals surface area contributed by atoms with Crippen molar-refractivity contribution in [3.05, 3.63) is 0 Å². The molecule has 0 aromatic carbocycles. The van der Waals surface area contributed by atoms with Gasteiger partial charge in [-0.3, -0.25) is 0 Å². The molecule has 0 aliphatic heterocycles. The zero-order valence-corrected chi connectivity index (χ0v) is 13.6. The van der Waals surface area contributed by atoms with Crippen LogP contribution in [0.1, 0.15) is 78.6 Å². The van der Waals surface area contributed by atoms with E-state index in [1.54, 1.807) is 0 Å². The van der Waals surface area contributed by atoms with Gasteiger partial charge in [-0.1, -0.05) is 13.8 Å². The summed E-state index contributed by atoms with van der Waals surface area (Å²) < 4.78 is 0. The highest BCUT2D eigenvalue weighted by Gasteiger charge is 2.59. The molecule has 0 heterocycles. The van der Waals surface area contributed by atoms with E-state index in [1.165, 1.54) is 44.9 Å². The maximum atomic E-state index is 6.45. The van der Waals surface area contributed by atoms with E-state index in [-0.39, 0.29) is 0 Å². The Morgan fingerprint density at radius 1 is 1.10 bits per heavy atom. The van der Waals surface area contributed by atoms with Crippen LogP contribution in [0.4, 0.5) is 0 Å². The predicted molar refractivity (Wildman–Crippen MR) is 85.1 cm³/mol. The normalized spacial score (nSPS) is 46.9. The summed E-state index contributed by atoms with van der Waals surface area (Å²) in [6.07, 6.45) is 12.1. The van der Waals surface area contributed by atoms with Gasteiger partial charge in [0.05, 0.1) is 0 Å². The molecule has 1 heteroatoms. The molecule has 0 saturated heterocycles. The van der Waals surface area contributed by atoms with Gasteiger partial charge in [0.2, 0.25) is 0 Å². The highest BCUT2D eigenvalue weighted by Crippen LogP contribution is 2.70. The van der Waals surface area contributed by atoms with Crippen LogP contribution in [0.15, 0.2) is 0 Å². The standard InChI is InChI=1S/C19H31N/c1-4-5-6-7-16(20)11-19-10-15-8-17(2,13-19)12-18(3,9-15)14-19/h15-16H,6-14,20H2,1-3H3. The van der Waals surface area contributed by atoms with E-state index >= 15 is 0 Å². The van der Waals surface area contributed by atoms with Gasteiger partial charge in [0.1, 0.15) is 0 Å². The Morgan fingerprint density at radius 2 is 1.75 bits per heavy atom. The van der Waals surface area contributed by atoms with Crippen molar-refractivity contribution in [3.63, 3.8) is 0 Å². The Hall–Kier alpha value is -0.480. The molecule has 0 spiro atoms. The van der Waals surface area contributed by atoms with Crippen LogP contribution in [0, 0.1) is 34.0 Å². The second-order valence-electron chi connectivity index (χ2n) is 9.06. The number of hydrogen-bond acceptors (Lipinski definition) is 1. The smallest absolute Gasteiger partial charge is 0.0103 e. The maximum absolute atomic E-state index is 6.45. The minimum Gasteiger partial charge on any atom is -0.328 e. The molecule has 0 aromatic rings. The fourth-order valence-corrected chi connectivity index (χ4v) is 6.95. The summed E-state index contributed by atoms with van der Waals surface area (Å²) in [6, 6.07) is 0.360. The minimum atomic E-state index is 0.360. The van der Waals surface area contributed by atoms with Crippen LogP contribution in [0.25, 0.3) is 0 Å². The third-order valence-electron chi connectivity index (χ3n) is 6.25. The first kappa shape index (κ1) is 14.5. The van der Waals surface area contributed by atoms with Crippen molar-refractivity contribution in [1.82, 2.24) is 0 Å². The lowest BCUT2D eigenvalue weighted by atomic mass is 9.39. The average Bonchev–Trinajstić information content (AvgIpc) is 2.22. The fraction of sp³-hybridized carbons (Fsp3) is 0.895. The summed E-state index contributed by atoms with van der Waals surface area (Å²) in [5.74, 6) is 7.15. The third kappa shape index (κ3) is 2.64. The Kier molecular flexibility index (Phi) is 3.45. The predicted octanol–water partition coefficient (Wildman–Crippen LogP) is 4.50. The van der Waals surface area contributed by atoms with Crippen LogP contribution in [0.2, 0.25) is 0 Å². The summed E-state index contributed by atoms with van der Waals surface area (Å²) in [7, 11) is 0. The second kappa shape index (κ2) is 4.77. The van der Waals surface area contributed by atoms with Crippen molar-refractivity contribution in [2.24, 2.45) is 27.9 Å². The molecule has 3 atom stereocenters. The third-order valence-corrected chi connectivity index (χ3v) is 6.25. The van der Waals surface area contributed by atoms with Gasteiger partial charge in [-0.15, -0.1) is 11.8 Å². The largest absolute Gasteiger partial charge is 0.328 e. The first-order valence-corrected chi connectivity index (χ1v) is 8.51. The molecule has 4 rings (SSSR count). The van der Waals surface area contributed by atoms with Crippen molar-refractivity contribution in [2.45, 2.75) is 84.6 Å². The molecular weight excluding hydrogens is 242 g/mol. The van der Waals surface area contributed by atoms with Gasteiger partial charge in [-0.05, 0) is 80.5 Å². The zero-order valence-electron chi connectivity index (χ0n) is 13.6. The van der Waals surface area contributed by atoms with E-state index in [1.807, 2.05) is 6.92 Å². The van der Waals surface area contributed by atoms with Gasteiger partial charge >= 0.3 is 0 Å². The Labute approximate surface area is 125 Å². The van der Waals surface area contributed by atoms with E-state index in [0.717, 1.165) is 18.8 Å². The van der Waals surface area contributed by atoms with Crippen molar-refractivity contribution in [3.8, 4) is 11.8 Å². The van der Waals surface area contributed by atoms with Gasteiger partial charge in [0.25, 0.3) is 0 Å². The van der Waals surface area contributed by atoms with Crippen molar-refractivity contribution < 1.29 is 0 Å². The second-order valence-corrected chi connectivity index (χ2v) is 9.06. The van der Waals surface area contributed by atoms with Gasteiger partial charge in [0, 0.05) is 12.5 Å². The molecule has 4 aliphatic carbocycles. The molecule has 20 heavy (non-hydrogen) atoms. The molecular formula is C19H31N. The lowest BCUT2D eigenvalue weighted by Crippen LogP contribution is -2.56. The van der Waals surface area contributed by atoms with Gasteiger partial charge in [0.15, 0.2) is 0 Å². The topological polar surface area (TPSA) is 26.0 Å². The minimum absolute atomic E-state index is 0.360. The molecule has 2 N–H and O–H groups in total. The average molecular weight is 273 g/mol. The monoisotopic (exact) mass is 273 g/mol. The number of rotatable bonds is 4. The van der Waals surface area contributed by atoms with E-state index in [0.29, 0.717) is 22.3 Å². The first-order valence-electron chi connectivity index (χ1n) is 8.51. The van der Waals surface area contributed by atoms with Crippen LogP contribution < -0.4 is 5.73 Å². The quantitative estimate of drug-likeness (QED) is 0.750. The maximum Gasteiger partial charge on any atom is 0.0103 e. The Morgan fingerprint density at radius 3 is 2.30 bits per heavy atom. The van der Waals surface area contributed by atoms with Crippen LogP contribution in [-0.4, -0.2) is 6.04 Å². The summed E-state index contributed by atoms with van der Waals surface area (Å²) >= 11 is 0. The van der Waals surface area contributed by atoms with Gasteiger partial charge in [-0.25, -0.2) is 0 Å². The van der Waals surface area contributed by atoms with Crippen LogP contribution >= 0.6 is 0 Å². The lowest BCUT2D eigenvalue weighted by Gasteiger charge is -2.66. The van der Waals surface area contributed by atoms with E-state index < -0.39 is 0 Å². The van der Waals surface area contributed by atoms with Crippen LogP contribution in [0.3, 0.4) is 0 Å². The molecule has 4 fully saturated rings. The Balaban J connectivity index is 1.70.